The van der Waals surface area contributed by atoms with Crippen molar-refractivity contribution in [1.82, 2.24) is 4.72 Å². The highest BCUT2D eigenvalue weighted by Crippen LogP contribution is 2.21. The van der Waals surface area contributed by atoms with Crippen LogP contribution in [-0.2, 0) is 21.2 Å². The highest BCUT2D eigenvalue weighted by atomic mass is 32.2. The lowest BCUT2D eigenvalue weighted by atomic mass is 10.1. The van der Waals surface area contributed by atoms with Crippen molar-refractivity contribution in [1.29, 1.82) is 0 Å². The maximum absolute atomic E-state index is 12.4. The van der Waals surface area contributed by atoms with Crippen LogP contribution in [-0.4, -0.2) is 33.1 Å². The zero-order valence-electron chi connectivity index (χ0n) is 13.4. The Labute approximate surface area is 145 Å². The second-order valence-corrected chi connectivity index (χ2v) is 8.07. The Morgan fingerprint density at radius 2 is 2.12 bits per heavy atom. The fourth-order valence-electron chi connectivity index (χ4n) is 2.26. The molecular weight excluding hydrogens is 350 g/mol. The number of aryl methyl sites for hydroxylation is 1. The van der Waals surface area contributed by atoms with Crippen LogP contribution in [0.15, 0.2) is 40.6 Å². The monoisotopic (exact) mass is 369 g/mol. The molecule has 2 N–H and O–H groups in total. The molecule has 1 aromatic heterocycles. The van der Waals surface area contributed by atoms with Gasteiger partial charge in [-0.1, -0.05) is 6.07 Å². The van der Waals surface area contributed by atoms with Gasteiger partial charge in [0.2, 0.25) is 10.0 Å². The van der Waals surface area contributed by atoms with Gasteiger partial charge in [-0.25, -0.2) is 13.1 Å². The van der Waals surface area contributed by atoms with E-state index in [0.717, 1.165) is 4.88 Å². The summed E-state index contributed by atoms with van der Waals surface area (Å²) in [4.78, 5) is 12.4. The average Bonchev–Trinajstić information content (AvgIpc) is 3.03. The van der Waals surface area contributed by atoms with Gasteiger partial charge in [0.15, 0.2) is 0 Å². The molecule has 0 bridgehead atoms. The number of nitrogens with one attached hydrogen (secondary N) is 1. The van der Waals surface area contributed by atoms with Crippen molar-refractivity contribution < 1.29 is 23.1 Å². The first-order chi connectivity index (χ1) is 11.3. The average molecular weight is 369 g/mol. The molecule has 0 aliphatic carbocycles. The summed E-state index contributed by atoms with van der Waals surface area (Å²) in [6.07, 6.45) is 0.289. The van der Waals surface area contributed by atoms with E-state index in [1.54, 1.807) is 19.1 Å². The molecule has 0 unspecified atom stereocenters. The van der Waals surface area contributed by atoms with Gasteiger partial charge in [-0.15, -0.1) is 11.3 Å². The molecule has 0 spiro atoms. The van der Waals surface area contributed by atoms with Crippen LogP contribution in [0.1, 0.15) is 10.4 Å². The number of hydrogen-bond acceptors (Lipinski definition) is 5. The molecule has 24 heavy (non-hydrogen) atoms. The van der Waals surface area contributed by atoms with E-state index in [2.05, 4.69) is 4.72 Å². The normalized spacial score (nSPS) is 12.8. The van der Waals surface area contributed by atoms with Gasteiger partial charge in [0.1, 0.15) is 5.75 Å². The van der Waals surface area contributed by atoms with E-state index in [1.807, 2.05) is 17.5 Å². The Morgan fingerprint density at radius 3 is 2.67 bits per heavy atom. The molecule has 0 saturated carbocycles. The molecule has 1 atom stereocenters. The van der Waals surface area contributed by atoms with Crippen LogP contribution in [0, 0.1) is 12.8 Å². The number of benzene rings is 1. The minimum absolute atomic E-state index is 0.114. The number of carboxylic acid groups (broad SMARTS) is 1. The first kappa shape index (κ1) is 18.4. The molecule has 8 heteroatoms. The number of hydrogen-bond donors (Lipinski definition) is 2. The van der Waals surface area contributed by atoms with E-state index < -0.39 is 21.9 Å². The number of sulfonamides is 1. The van der Waals surface area contributed by atoms with Crippen LogP contribution in [0.5, 0.6) is 5.75 Å². The van der Waals surface area contributed by atoms with Crippen LogP contribution < -0.4 is 9.46 Å². The number of carboxylic acids is 1. The molecule has 1 heterocycles. The maximum Gasteiger partial charge on any atom is 0.308 e. The number of aliphatic carboxylic acids is 1. The van der Waals surface area contributed by atoms with Gasteiger partial charge in [-0.3, -0.25) is 4.79 Å². The van der Waals surface area contributed by atoms with E-state index in [1.165, 1.54) is 24.5 Å². The molecule has 0 aliphatic heterocycles. The van der Waals surface area contributed by atoms with Gasteiger partial charge < -0.3 is 9.84 Å². The minimum atomic E-state index is -3.79. The molecule has 0 radical (unpaired) electrons. The molecule has 6 nitrogen and oxygen atoms in total. The Morgan fingerprint density at radius 1 is 1.38 bits per heavy atom. The van der Waals surface area contributed by atoms with Crippen LogP contribution in [0.4, 0.5) is 0 Å². The fraction of sp³-hybridized carbons (Fsp3) is 0.312. The van der Waals surface area contributed by atoms with E-state index in [9.17, 15) is 18.3 Å². The lowest BCUT2D eigenvalue weighted by Gasteiger charge is -2.14. The summed E-state index contributed by atoms with van der Waals surface area (Å²) < 4.78 is 32.3. The summed E-state index contributed by atoms with van der Waals surface area (Å²) >= 11 is 1.45. The van der Waals surface area contributed by atoms with Gasteiger partial charge in [-0.2, -0.15) is 0 Å². The summed E-state index contributed by atoms with van der Waals surface area (Å²) in [6, 6.07) is 8.30. The smallest absolute Gasteiger partial charge is 0.308 e. The van der Waals surface area contributed by atoms with Gasteiger partial charge in [0.05, 0.1) is 17.9 Å². The van der Waals surface area contributed by atoms with Crippen LogP contribution in [0.25, 0.3) is 0 Å². The molecule has 0 fully saturated rings. The van der Waals surface area contributed by atoms with Crippen molar-refractivity contribution in [2.75, 3.05) is 13.7 Å². The molecule has 0 amide bonds. The summed E-state index contributed by atoms with van der Waals surface area (Å²) in [5.41, 5.74) is 0.534. The highest BCUT2D eigenvalue weighted by Gasteiger charge is 2.23. The Kier molecular flexibility index (Phi) is 5.98. The topological polar surface area (TPSA) is 92.7 Å². The molecule has 2 aromatic rings. The Balaban J connectivity index is 2.11. The van der Waals surface area contributed by atoms with Crippen molar-refractivity contribution in [2.45, 2.75) is 18.2 Å². The van der Waals surface area contributed by atoms with Gasteiger partial charge >= 0.3 is 5.97 Å². The zero-order chi connectivity index (χ0) is 17.7. The van der Waals surface area contributed by atoms with Crippen LogP contribution >= 0.6 is 11.3 Å². The maximum atomic E-state index is 12.4. The third-order valence-electron chi connectivity index (χ3n) is 3.57. The third kappa shape index (κ3) is 4.56. The van der Waals surface area contributed by atoms with Crippen molar-refractivity contribution >= 4 is 27.3 Å². The summed E-state index contributed by atoms with van der Waals surface area (Å²) in [7, 11) is -2.29. The summed E-state index contributed by atoms with van der Waals surface area (Å²) in [5.74, 6) is -1.29. The van der Waals surface area contributed by atoms with Crippen LogP contribution in [0.3, 0.4) is 0 Å². The van der Waals surface area contributed by atoms with Gasteiger partial charge in [-0.05, 0) is 48.6 Å². The standard InChI is InChI=1S/C16H19NO5S2/c1-11-8-13(22-2)5-6-15(11)24(20,21)17-10-12(16(18)19)9-14-4-3-7-23-14/h3-8,12,17H,9-10H2,1-2H3,(H,18,19)/t12-/m1/s1. The second kappa shape index (κ2) is 7.78. The van der Waals surface area contributed by atoms with E-state index in [4.69, 9.17) is 4.74 Å². The third-order valence-corrected chi connectivity index (χ3v) is 6.05. The minimum Gasteiger partial charge on any atom is -0.497 e. The summed E-state index contributed by atoms with van der Waals surface area (Å²) in [6.45, 7) is 1.50. The zero-order valence-corrected chi connectivity index (χ0v) is 15.0. The molecule has 1 aromatic carbocycles. The van der Waals surface area contributed by atoms with E-state index in [0.29, 0.717) is 11.3 Å². The summed E-state index contributed by atoms with van der Waals surface area (Å²) in [5, 5.41) is 11.2. The van der Waals surface area contributed by atoms with Crippen molar-refractivity contribution in [2.24, 2.45) is 5.92 Å². The van der Waals surface area contributed by atoms with Crippen molar-refractivity contribution in [3.8, 4) is 5.75 Å². The number of rotatable bonds is 8. The first-order valence-corrected chi connectivity index (χ1v) is 9.59. The number of ether oxygens (including phenoxy) is 1. The number of carbonyl (C=O) groups is 1. The molecule has 0 aliphatic rings. The largest absolute Gasteiger partial charge is 0.497 e. The molecular formula is C16H19NO5S2. The Hall–Kier alpha value is -1.90. The van der Waals surface area contributed by atoms with Gasteiger partial charge in [0, 0.05) is 11.4 Å². The van der Waals surface area contributed by atoms with Gasteiger partial charge in [0.25, 0.3) is 0 Å². The predicted octanol–water partition coefficient (Wildman–Crippen LogP) is 2.29. The van der Waals surface area contributed by atoms with E-state index in [-0.39, 0.29) is 17.9 Å². The van der Waals surface area contributed by atoms with Crippen LogP contribution in [0.2, 0.25) is 0 Å². The lowest BCUT2D eigenvalue weighted by Crippen LogP contribution is -2.34. The molecule has 2 rings (SSSR count). The lowest BCUT2D eigenvalue weighted by molar-refractivity contribution is -0.141. The second-order valence-electron chi connectivity index (χ2n) is 5.30. The SMILES string of the molecule is COc1ccc(S(=O)(=O)NC[C@@H](Cc2cccs2)C(=O)O)c(C)c1. The van der Waals surface area contributed by atoms with Crippen molar-refractivity contribution in [3.63, 3.8) is 0 Å². The predicted molar refractivity (Wildman–Crippen MR) is 92.1 cm³/mol. The quantitative estimate of drug-likeness (QED) is 0.745. The highest BCUT2D eigenvalue weighted by molar-refractivity contribution is 7.89. The number of methoxy groups -OCH3 is 1. The molecule has 0 saturated heterocycles. The van der Waals surface area contributed by atoms with Crippen molar-refractivity contribution in [3.05, 3.63) is 46.2 Å². The Bertz CT molecular complexity index is 800. The van der Waals surface area contributed by atoms with E-state index >= 15 is 0 Å². The first-order valence-electron chi connectivity index (χ1n) is 7.23. The molecule has 130 valence electrons. The fourth-order valence-corrected chi connectivity index (χ4v) is 4.35. The number of thiophene rings is 1.